The molecule has 3 aromatic carbocycles. The van der Waals surface area contributed by atoms with Gasteiger partial charge in [-0.05, 0) is 66.0 Å². The Balaban J connectivity index is 1.18. The van der Waals surface area contributed by atoms with Crippen LogP contribution < -0.4 is 5.32 Å². The molecule has 0 atom stereocenters. The maximum absolute atomic E-state index is 9.54. The smallest absolute Gasteiger partial charge is 0.115 e. The van der Waals surface area contributed by atoms with Crippen LogP contribution >= 0.6 is 0 Å². The Morgan fingerprint density at radius 1 is 0.882 bits per heavy atom. The fourth-order valence-electron chi connectivity index (χ4n) is 5.54. The molecule has 6 rings (SSSR count). The van der Waals surface area contributed by atoms with E-state index in [0.717, 1.165) is 47.0 Å². The topological polar surface area (TPSA) is 60.9 Å². The molecule has 172 valence electrons. The predicted molar refractivity (Wildman–Crippen MR) is 138 cm³/mol. The molecule has 0 spiro atoms. The molecule has 4 heteroatoms. The van der Waals surface area contributed by atoms with Gasteiger partial charge in [-0.3, -0.25) is 5.10 Å². The molecule has 34 heavy (non-hydrogen) atoms. The van der Waals surface area contributed by atoms with Gasteiger partial charge in [0.2, 0.25) is 0 Å². The van der Waals surface area contributed by atoms with Crippen molar-refractivity contribution < 1.29 is 5.11 Å². The van der Waals surface area contributed by atoms with Crippen molar-refractivity contribution in [2.24, 2.45) is 5.92 Å². The number of phenols is 1. The molecule has 4 nitrogen and oxygen atoms in total. The summed E-state index contributed by atoms with van der Waals surface area (Å²) in [7, 11) is 0. The lowest BCUT2D eigenvalue weighted by atomic mass is 9.87. The number of phenolic OH excluding ortho intramolecular Hbond substituents is 1. The predicted octanol–water partition coefficient (Wildman–Crippen LogP) is 6.69. The Bertz CT molecular complexity index is 1300. The number of benzene rings is 3. The van der Waals surface area contributed by atoms with Crippen LogP contribution in [0.15, 0.2) is 66.7 Å². The van der Waals surface area contributed by atoms with E-state index in [1.165, 1.54) is 47.9 Å². The first kappa shape index (κ1) is 21.2. The Labute approximate surface area is 201 Å². The lowest BCUT2D eigenvalue weighted by molar-refractivity contribution is 0.306. The lowest BCUT2D eigenvalue weighted by Crippen LogP contribution is -2.32. The van der Waals surface area contributed by atoms with E-state index < -0.39 is 0 Å². The molecule has 3 N–H and O–H groups in total. The van der Waals surface area contributed by atoms with Crippen LogP contribution in [-0.2, 0) is 13.0 Å². The van der Waals surface area contributed by atoms with Crippen molar-refractivity contribution in [3.05, 3.63) is 83.4 Å². The van der Waals surface area contributed by atoms with Crippen LogP contribution in [0.25, 0.3) is 33.6 Å². The Morgan fingerprint density at radius 3 is 2.29 bits per heavy atom. The first-order valence-electron chi connectivity index (χ1n) is 12.5. The first-order valence-corrected chi connectivity index (χ1v) is 12.5. The van der Waals surface area contributed by atoms with Crippen molar-refractivity contribution in [3.63, 3.8) is 0 Å². The lowest BCUT2D eigenvalue weighted by Gasteiger charge is -2.27. The van der Waals surface area contributed by atoms with Crippen LogP contribution in [-0.4, -0.2) is 21.3 Å². The molecule has 1 saturated carbocycles. The Kier molecular flexibility index (Phi) is 5.46. The molecular weight excluding hydrogens is 418 g/mol. The highest BCUT2D eigenvalue weighted by atomic mass is 16.3. The maximum atomic E-state index is 9.54. The summed E-state index contributed by atoms with van der Waals surface area (Å²) in [6, 6.07) is 23.4. The molecule has 1 aromatic heterocycles. The summed E-state index contributed by atoms with van der Waals surface area (Å²) in [4.78, 5) is 0. The fourth-order valence-corrected chi connectivity index (χ4v) is 5.54. The van der Waals surface area contributed by atoms with Gasteiger partial charge in [-0.25, -0.2) is 0 Å². The molecule has 1 fully saturated rings. The Morgan fingerprint density at radius 2 is 1.56 bits per heavy atom. The van der Waals surface area contributed by atoms with Gasteiger partial charge < -0.3 is 10.4 Å². The van der Waals surface area contributed by atoms with Gasteiger partial charge in [0.05, 0.1) is 11.4 Å². The zero-order valence-corrected chi connectivity index (χ0v) is 19.6. The van der Waals surface area contributed by atoms with Crippen molar-refractivity contribution in [3.8, 4) is 39.4 Å². The molecule has 0 saturated heterocycles. The monoisotopic (exact) mass is 449 g/mol. The molecule has 0 bridgehead atoms. The van der Waals surface area contributed by atoms with Crippen LogP contribution in [0.3, 0.4) is 0 Å². The summed E-state index contributed by atoms with van der Waals surface area (Å²) in [6.07, 6.45) is 6.23. The van der Waals surface area contributed by atoms with Gasteiger partial charge >= 0.3 is 0 Å². The molecule has 2 aliphatic rings. The van der Waals surface area contributed by atoms with Crippen molar-refractivity contribution >= 4 is 0 Å². The summed E-state index contributed by atoms with van der Waals surface area (Å²) >= 11 is 0. The number of nitrogens with one attached hydrogen (secondary N) is 2. The van der Waals surface area contributed by atoms with E-state index in [-0.39, 0.29) is 5.75 Å². The molecule has 0 radical (unpaired) electrons. The summed E-state index contributed by atoms with van der Waals surface area (Å²) in [5.74, 6) is 1.17. The number of H-pyrrole nitrogens is 1. The largest absolute Gasteiger partial charge is 0.508 e. The summed E-state index contributed by atoms with van der Waals surface area (Å²) < 4.78 is 0. The third kappa shape index (κ3) is 4.03. The minimum atomic E-state index is 0.287. The number of aromatic hydroxyl groups is 1. The van der Waals surface area contributed by atoms with Gasteiger partial charge in [0.15, 0.2) is 0 Å². The number of nitrogens with zero attached hydrogens (tertiary/aromatic N) is 1. The Hall–Kier alpha value is -3.37. The fraction of sp³-hybridized carbons (Fsp3) is 0.300. The molecular formula is C30H31N3O. The van der Waals surface area contributed by atoms with Gasteiger partial charge in [-0.15, -0.1) is 0 Å². The number of fused-ring (bicyclic) bond motifs is 3. The van der Waals surface area contributed by atoms with E-state index in [0.29, 0.717) is 6.04 Å². The molecule has 0 amide bonds. The zero-order valence-electron chi connectivity index (χ0n) is 19.6. The van der Waals surface area contributed by atoms with Crippen LogP contribution in [0, 0.1) is 5.92 Å². The van der Waals surface area contributed by atoms with Crippen LogP contribution in [0.2, 0.25) is 0 Å². The highest BCUT2D eigenvalue weighted by molar-refractivity contribution is 5.82. The minimum absolute atomic E-state index is 0.287. The number of hydrogen-bond donors (Lipinski definition) is 3. The molecule has 0 aliphatic heterocycles. The summed E-state index contributed by atoms with van der Waals surface area (Å²) in [5.41, 5.74) is 10.9. The highest BCUT2D eigenvalue weighted by Crippen LogP contribution is 2.40. The summed E-state index contributed by atoms with van der Waals surface area (Å²) in [6.45, 7) is 3.32. The average Bonchev–Trinajstić information content (AvgIpc) is 3.43. The number of rotatable bonds is 5. The first-order chi connectivity index (χ1) is 16.6. The number of hydrogen-bond acceptors (Lipinski definition) is 3. The van der Waals surface area contributed by atoms with Gasteiger partial charge in [-0.1, -0.05) is 61.5 Å². The van der Waals surface area contributed by atoms with Crippen molar-refractivity contribution in [1.82, 2.24) is 15.5 Å². The van der Waals surface area contributed by atoms with Gasteiger partial charge in [0.25, 0.3) is 0 Å². The number of aromatic amines is 1. The molecule has 2 aliphatic carbocycles. The summed E-state index contributed by atoms with van der Waals surface area (Å²) in [5, 5.41) is 21.3. The maximum Gasteiger partial charge on any atom is 0.115 e. The molecule has 4 aromatic rings. The van der Waals surface area contributed by atoms with Crippen molar-refractivity contribution in [2.75, 3.05) is 0 Å². The average molecular weight is 450 g/mol. The third-order valence-electron chi connectivity index (χ3n) is 7.64. The highest BCUT2D eigenvalue weighted by Gasteiger charge is 2.25. The third-order valence-corrected chi connectivity index (χ3v) is 7.64. The van der Waals surface area contributed by atoms with Gasteiger partial charge in [-0.2, -0.15) is 5.10 Å². The standard InChI is InChI=1S/C30H31N3O/c1-19-2-11-25(12-3-19)31-18-20-4-15-27-24(16-20)17-28-29(32-33-30(27)28)23-7-5-21(6-8-23)22-9-13-26(34)14-10-22/h4-10,13-16,19,25,31,34H,2-3,11-12,17-18H2,1H3,(H,32,33)/t19-,25+. The second-order valence-corrected chi connectivity index (χ2v) is 10.1. The van der Waals surface area contributed by atoms with Crippen molar-refractivity contribution in [1.29, 1.82) is 0 Å². The molecule has 0 unspecified atom stereocenters. The quantitative estimate of drug-likeness (QED) is 0.280. The van der Waals surface area contributed by atoms with E-state index in [1.807, 2.05) is 12.1 Å². The van der Waals surface area contributed by atoms with E-state index in [2.05, 4.69) is 64.9 Å². The number of aromatic nitrogens is 2. The second-order valence-electron chi connectivity index (χ2n) is 10.1. The normalized spacial score (nSPS) is 19.1. The van der Waals surface area contributed by atoms with Gasteiger partial charge in [0, 0.05) is 35.7 Å². The second kappa shape index (κ2) is 8.77. The minimum Gasteiger partial charge on any atom is -0.508 e. The van der Waals surface area contributed by atoms with Crippen LogP contribution in [0.1, 0.15) is 49.3 Å². The van der Waals surface area contributed by atoms with E-state index in [9.17, 15) is 5.11 Å². The zero-order chi connectivity index (χ0) is 23.1. The van der Waals surface area contributed by atoms with Crippen LogP contribution in [0.5, 0.6) is 5.75 Å². The van der Waals surface area contributed by atoms with E-state index >= 15 is 0 Å². The van der Waals surface area contributed by atoms with Gasteiger partial charge in [0.1, 0.15) is 5.75 Å². The van der Waals surface area contributed by atoms with Crippen LogP contribution in [0.4, 0.5) is 0 Å². The molecule has 1 heterocycles. The van der Waals surface area contributed by atoms with E-state index in [1.54, 1.807) is 12.1 Å². The SMILES string of the molecule is C[C@H]1CC[C@@H](NCc2ccc3c(c2)Cc2c(-c4ccc(-c5ccc(O)cc5)cc4)n[nH]c2-3)CC1. The van der Waals surface area contributed by atoms with E-state index in [4.69, 9.17) is 0 Å². The van der Waals surface area contributed by atoms with Crippen molar-refractivity contribution in [2.45, 2.75) is 51.6 Å².